The number of hydrogen-bond acceptors (Lipinski definition) is 7. The molecule has 0 saturated carbocycles. The Labute approximate surface area is 687 Å². The quantitative estimate of drug-likeness (QED) is 0.0892. The SMILES string of the molecule is Cc1cnc(-c2[c-]c(N(c3[c-]c(-c4cc(-c5ccccc5)ccn4)ccc3)c3ccccc3-c3ccccc3)ccc2)cc1-c1ccccc1.Cc1cnc(-c2cccc(N(c3cccc(-c4cc(-c5ccccc5)ccn4)c3)c3ccccc3-c3ccccc3)c2)cc1-c1ccccc1.N#Cc1ccccc1.[Cl][Pt][Cl].[Pt+2]. The van der Waals surface area contributed by atoms with Gasteiger partial charge in [-0.3, -0.25) is 9.97 Å². The molecule has 112 heavy (non-hydrogen) atoms. The van der Waals surface area contributed by atoms with Crippen molar-refractivity contribution in [2.75, 3.05) is 9.80 Å². The first-order valence-corrected chi connectivity index (χ1v) is 41.9. The topological polar surface area (TPSA) is 81.8 Å². The van der Waals surface area contributed by atoms with Gasteiger partial charge in [0.05, 0.1) is 34.4 Å². The van der Waals surface area contributed by atoms with Gasteiger partial charge in [0, 0.05) is 58.4 Å². The summed E-state index contributed by atoms with van der Waals surface area (Å²) >= 11 is -0.472. The Balaban J connectivity index is 0.000000171. The van der Waals surface area contributed by atoms with E-state index >= 15 is 0 Å². The van der Waals surface area contributed by atoms with E-state index in [1.54, 1.807) is 12.1 Å². The molecule has 0 aliphatic heterocycles. The van der Waals surface area contributed by atoms with Gasteiger partial charge < -0.3 is 19.8 Å². The van der Waals surface area contributed by atoms with Crippen molar-refractivity contribution >= 4 is 53.0 Å². The Morgan fingerprint density at radius 2 is 0.616 bits per heavy atom. The van der Waals surface area contributed by atoms with E-state index < -0.39 is 16.5 Å². The second-order valence-corrected chi connectivity index (χ2v) is 29.3. The van der Waals surface area contributed by atoms with Crippen LogP contribution in [0.1, 0.15) is 16.7 Å². The molecular formula is C101H73Cl2N7Pt2. The summed E-state index contributed by atoms with van der Waals surface area (Å²) in [6.45, 7) is 4.23. The van der Waals surface area contributed by atoms with Crippen LogP contribution in [-0.2, 0) is 37.5 Å². The fourth-order valence-electron chi connectivity index (χ4n) is 13.5. The largest absolute Gasteiger partial charge is 2.00 e. The van der Waals surface area contributed by atoms with E-state index in [9.17, 15) is 0 Å². The fourth-order valence-corrected chi connectivity index (χ4v) is 13.5. The Morgan fingerprint density at radius 1 is 0.295 bits per heavy atom. The summed E-state index contributed by atoms with van der Waals surface area (Å²) in [7, 11) is 9.75. The molecule has 0 amide bonds. The molecule has 0 unspecified atom stereocenters. The monoisotopic (exact) mass is 1840 g/mol. The van der Waals surface area contributed by atoms with Crippen molar-refractivity contribution in [1.82, 2.24) is 19.9 Å². The maximum Gasteiger partial charge on any atom is 2.00 e. The molecule has 0 radical (unpaired) electrons. The summed E-state index contributed by atoms with van der Waals surface area (Å²) in [4.78, 5) is 23.9. The van der Waals surface area contributed by atoms with Crippen molar-refractivity contribution in [2.24, 2.45) is 0 Å². The fraction of sp³-hybridized carbons (Fsp3) is 0.0198. The molecule has 13 aromatic carbocycles. The molecule has 546 valence electrons. The van der Waals surface area contributed by atoms with Crippen molar-refractivity contribution in [2.45, 2.75) is 13.8 Å². The first kappa shape index (κ1) is 77.7. The van der Waals surface area contributed by atoms with E-state index in [4.69, 9.17) is 44.0 Å². The van der Waals surface area contributed by atoms with Crippen molar-refractivity contribution in [3.05, 3.63) is 436 Å². The molecule has 7 nitrogen and oxygen atoms in total. The van der Waals surface area contributed by atoms with Crippen molar-refractivity contribution < 1.29 is 37.5 Å². The number of aromatic nitrogens is 4. The van der Waals surface area contributed by atoms with E-state index in [0.717, 1.165) is 135 Å². The Morgan fingerprint density at radius 3 is 1.04 bits per heavy atom. The molecule has 0 bridgehead atoms. The first-order chi connectivity index (χ1) is 54.8. The zero-order chi connectivity index (χ0) is 75.9. The zero-order valence-electron chi connectivity index (χ0n) is 61.2. The van der Waals surface area contributed by atoms with Crippen LogP contribution >= 0.6 is 18.8 Å². The Kier molecular flexibility index (Phi) is 26.9. The van der Waals surface area contributed by atoms with Gasteiger partial charge in [-0.1, -0.05) is 273 Å². The third-order valence-electron chi connectivity index (χ3n) is 18.9. The Bertz CT molecular complexity index is 5620. The number of benzene rings is 13. The summed E-state index contributed by atoms with van der Waals surface area (Å²) in [6, 6.07) is 141. The van der Waals surface area contributed by atoms with Crippen LogP contribution in [0.5, 0.6) is 0 Å². The number of hydrogen-bond donors (Lipinski definition) is 0. The predicted octanol–water partition coefficient (Wildman–Crippen LogP) is 27.7. The van der Waals surface area contributed by atoms with Gasteiger partial charge in [-0.2, -0.15) is 5.26 Å². The second-order valence-electron chi connectivity index (χ2n) is 26.1. The smallest absolute Gasteiger partial charge is 2.00 e. The van der Waals surface area contributed by atoms with Crippen LogP contribution in [0.2, 0.25) is 0 Å². The number of nitrogens with zero attached hydrogens (tertiary/aromatic N) is 7. The van der Waals surface area contributed by atoms with Crippen LogP contribution in [0.25, 0.3) is 112 Å². The van der Waals surface area contributed by atoms with Gasteiger partial charge in [-0.15, -0.1) is 59.7 Å². The molecule has 0 fully saturated rings. The average Bonchev–Trinajstić information content (AvgIpc) is 0.779. The van der Waals surface area contributed by atoms with Crippen LogP contribution in [-0.4, -0.2) is 19.9 Å². The number of nitriles is 1. The van der Waals surface area contributed by atoms with Gasteiger partial charge in [0.2, 0.25) is 0 Å². The predicted molar refractivity (Wildman–Crippen MR) is 458 cm³/mol. The van der Waals surface area contributed by atoms with Crippen LogP contribution in [0.4, 0.5) is 34.1 Å². The minimum atomic E-state index is -0.472. The first-order valence-electron chi connectivity index (χ1n) is 36.3. The van der Waals surface area contributed by atoms with E-state index in [0.29, 0.717) is 5.56 Å². The van der Waals surface area contributed by atoms with Gasteiger partial charge in [-0.05, 0) is 176 Å². The summed E-state index contributed by atoms with van der Waals surface area (Å²) in [5, 5.41) is 8.29. The number of pyridine rings is 4. The molecule has 0 aliphatic carbocycles. The van der Waals surface area contributed by atoms with Crippen LogP contribution in [0, 0.1) is 37.3 Å². The van der Waals surface area contributed by atoms with Gasteiger partial charge in [-0.25, -0.2) is 0 Å². The zero-order valence-corrected chi connectivity index (χ0v) is 67.3. The minimum absolute atomic E-state index is 0. The van der Waals surface area contributed by atoms with Crippen LogP contribution in [0.3, 0.4) is 0 Å². The van der Waals surface area contributed by atoms with Crippen LogP contribution in [0.15, 0.2) is 407 Å². The number of rotatable bonds is 16. The van der Waals surface area contributed by atoms with E-state index in [2.05, 4.69) is 357 Å². The number of para-hydroxylation sites is 2. The molecule has 0 atom stereocenters. The van der Waals surface area contributed by atoms with E-state index in [1.807, 2.05) is 79.4 Å². The molecule has 0 aliphatic rings. The molecular weight excluding hydrogens is 1770 g/mol. The maximum atomic E-state index is 8.29. The van der Waals surface area contributed by atoms with Gasteiger partial charge in [0.1, 0.15) is 0 Å². The van der Waals surface area contributed by atoms with Gasteiger partial charge in [0.25, 0.3) is 0 Å². The number of halogens is 2. The van der Waals surface area contributed by atoms with Crippen molar-refractivity contribution in [1.29, 1.82) is 5.26 Å². The summed E-state index contributed by atoms with van der Waals surface area (Å²) in [6.07, 6.45) is 7.70. The molecule has 17 aromatic rings. The van der Waals surface area contributed by atoms with Crippen LogP contribution < -0.4 is 9.80 Å². The second kappa shape index (κ2) is 38.7. The summed E-state index contributed by atoms with van der Waals surface area (Å²) in [5.41, 5.74) is 30.3. The molecule has 17 rings (SSSR count). The Hall–Kier alpha value is -12.5. The summed E-state index contributed by atoms with van der Waals surface area (Å²) in [5.74, 6) is 0. The molecule has 0 saturated heterocycles. The molecule has 0 spiro atoms. The van der Waals surface area contributed by atoms with E-state index in [-0.39, 0.29) is 21.1 Å². The molecule has 11 heteroatoms. The van der Waals surface area contributed by atoms with Crippen molar-refractivity contribution in [3.63, 3.8) is 0 Å². The third-order valence-corrected chi connectivity index (χ3v) is 18.9. The number of anilines is 6. The van der Waals surface area contributed by atoms with Crippen molar-refractivity contribution in [3.8, 4) is 118 Å². The minimum Gasteiger partial charge on any atom is 2.00 e. The molecule has 4 aromatic heterocycles. The normalized spacial score (nSPS) is 10.5. The molecule has 4 heterocycles. The standard InChI is InChI=1S/C47H35N3.C47H33N3.C7H5N.2ClH.2Pt/c2*1-34-33-49-46(32-44(34)37-19-9-4-10-20-37)40-22-14-24-42(30-40)50(47-26-12-11-25-43(47)36-17-7-3-8-18-36)41-23-13-21-39(29-41)45-31-38(27-28-48-45)35-15-5-2-6-16-35;8-6-7-4-2-1-3-5-7;;;;/h2-33H,1H3;2-28,31-33H,1H3;1-5H;2*1H;;/q;-2;;;;2*+2/p-2. The van der Waals surface area contributed by atoms with Gasteiger partial charge >= 0.3 is 56.4 Å². The summed E-state index contributed by atoms with van der Waals surface area (Å²) < 4.78 is 0. The maximum absolute atomic E-state index is 8.29. The molecule has 0 N–H and O–H groups in total. The van der Waals surface area contributed by atoms with E-state index in [1.165, 1.54) is 22.3 Å². The third kappa shape index (κ3) is 19.2. The average molecular weight is 1850 g/mol. The number of aryl methyl sites for hydroxylation is 2. The van der Waals surface area contributed by atoms with Gasteiger partial charge in [0.15, 0.2) is 0 Å².